The Hall–Kier alpha value is -4.22. The number of aromatic nitrogens is 2. The minimum absolute atomic E-state index is 0.239. The van der Waals surface area contributed by atoms with Gasteiger partial charge in [0.2, 0.25) is 12.2 Å². The summed E-state index contributed by atoms with van der Waals surface area (Å²) in [6.07, 6.45) is 0.658. The molecule has 0 aliphatic carbocycles. The van der Waals surface area contributed by atoms with Crippen LogP contribution in [0, 0.1) is 10.8 Å². The number of hydrogen-bond acceptors (Lipinski definition) is 9. The van der Waals surface area contributed by atoms with Crippen LogP contribution >= 0.6 is 0 Å². The van der Waals surface area contributed by atoms with Crippen molar-refractivity contribution in [2.45, 2.75) is 6.29 Å². The van der Waals surface area contributed by atoms with E-state index in [-0.39, 0.29) is 5.90 Å². The quantitative estimate of drug-likeness (QED) is 0.336. The number of benzene rings is 2. The fourth-order valence-electron chi connectivity index (χ4n) is 4.19. The number of nitrogens with zero attached hydrogens (tertiary/aromatic N) is 5. The molecule has 0 spiro atoms. The number of ether oxygens (including phenoxy) is 2. The maximum atomic E-state index is 10.8. The number of para-hydroxylation sites is 1. The summed E-state index contributed by atoms with van der Waals surface area (Å²) in [6, 6.07) is 16.6. The van der Waals surface area contributed by atoms with E-state index in [0.717, 1.165) is 21.9 Å². The Kier molecular flexibility index (Phi) is 6.17. The minimum atomic E-state index is -1.02. The first-order valence-corrected chi connectivity index (χ1v) is 11.2. The lowest BCUT2D eigenvalue weighted by atomic mass is 9.99. The molecule has 35 heavy (non-hydrogen) atoms. The van der Waals surface area contributed by atoms with Crippen LogP contribution in [-0.4, -0.2) is 65.2 Å². The Morgan fingerprint density at radius 3 is 2.54 bits per heavy atom. The lowest BCUT2D eigenvalue weighted by Crippen LogP contribution is -2.49. The number of anilines is 2. The van der Waals surface area contributed by atoms with E-state index in [9.17, 15) is 5.21 Å². The van der Waals surface area contributed by atoms with Crippen LogP contribution in [0.1, 0.15) is 16.8 Å². The average Bonchev–Trinajstić information content (AvgIpc) is 3.28. The van der Waals surface area contributed by atoms with Crippen molar-refractivity contribution in [1.29, 1.82) is 10.8 Å². The highest BCUT2D eigenvalue weighted by molar-refractivity contribution is 6.17. The molecule has 2 aliphatic rings. The summed E-state index contributed by atoms with van der Waals surface area (Å²) in [6.45, 7) is 2.55. The van der Waals surface area contributed by atoms with E-state index in [1.165, 1.54) is 0 Å². The molecule has 1 atom stereocenters. The van der Waals surface area contributed by atoms with Gasteiger partial charge in [0.15, 0.2) is 0 Å². The molecule has 1 unspecified atom stereocenters. The lowest BCUT2D eigenvalue weighted by Gasteiger charge is -2.32. The third-order valence-corrected chi connectivity index (χ3v) is 5.89. The summed E-state index contributed by atoms with van der Waals surface area (Å²) in [5.74, 6) is -0.239. The van der Waals surface area contributed by atoms with Gasteiger partial charge in [0.25, 0.3) is 6.02 Å². The zero-order chi connectivity index (χ0) is 24.4. The fraction of sp³-hybridized carbons (Fsp3) is 0.250. The van der Waals surface area contributed by atoms with Crippen LogP contribution in [0.3, 0.4) is 0 Å². The molecular weight excluding hydrogens is 448 g/mol. The lowest BCUT2D eigenvalue weighted by molar-refractivity contribution is 0.122. The number of amidine groups is 1. The summed E-state index contributed by atoms with van der Waals surface area (Å²) < 4.78 is 12.5. The number of morpholine rings is 1. The molecule has 3 heterocycles. The first kappa shape index (κ1) is 22.6. The Balaban J connectivity index is 1.36. The van der Waals surface area contributed by atoms with Crippen molar-refractivity contribution in [2.75, 3.05) is 36.3 Å². The molecule has 0 saturated carbocycles. The van der Waals surface area contributed by atoms with Crippen molar-refractivity contribution in [3.8, 4) is 0 Å². The predicted molar refractivity (Wildman–Crippen MR) is 132 cm³/mol. The van der Waals surface area contributed by atoms with Gasteiger partial charge in [-0.2, -0.15) is 5.10 Å². The monoisotopic (exact) mass is 474 g/mol. The smallest absolute Gasteiger partial charge is 0.291 e. The van der Waals surface area contributed by atoms with Gasteiger partial charge in [-0.05, 0) is 6.07 Å². The topological polar surface area (TPSA) is 135 Å². The average molecular weight is 475 g/mol. The van der Waals surface area contributed by atoms with Gasteiger partial charge in [0.05, 0.1) is 36.5 Å². The molecular formula is C24H26N8O3. The number of aryl methyl sites for hydroxylation is 1. The predicted octanol–water partition coefficient (Wildman–Crippen LogP) is 2.15. The number of hydrogen-bond donors (Lipinski definition) is 4. The molecule has 2 aromatic carbocycles. The molecule has 1 saturated heterocycles. The number of rotatable bonds is 4. The molecule has 4 N–H and O–H groups in total. The Labute approximate surface area is 202 Å². The highest BCUT2D eigenvalue weighted by Gasteiger charge is 2.29. The van der Waals surface area contributed by atoms with E-state index in [4.69, 9.17) is 20.3 Å². The third kappa shape index (κ3) is 4.46. The van der Waals surface area contributed by atoms with Crippen molar-refractivity contribution in [2.24, 2.45) is 12.0 Å². The number of fused-ring (bicyclic) bond motifs is 1. The normalized spacial score (nSPS) is 17.4. The number of aliphatic imine (C=N–C) groups is 1. The molecule has 0 radical (unpaired) electrons. The van der Waals surface area contributed by atoms with Crippen LogP contribution in [0.4, 0.5) is 11.4 Å². The Morgan fingerprint density at radius 1 is 1.06 bits per heavy atom. The summed E-state index contributed by atoms with van der Waals surface area (Å²) >= 11 is 0. The van der Waals surface area contributed by atoms with E-state index < -0.39 is 12.3 Å². The molecule has 11 heteroatoms. The van der Waals surface area contributed by atoms with Crippen LogP contribution < -0.4 is 15.3 Å². The minimum Gasteiger partial charge on any atom is -0.405 e. The molecule has 180 valence electrons. The van der Waals surface area contributed by atoms with Crippen LogP contribution in [-0.2, 0) is 16.5 Å². The van der Waals surface area contributed by atoms with E-state index in [1.807, 2.05) is 48.5 Å². The first-order chi connectivity index (χ1) is 17.0. The van der Waals surface area contributed by atoms with Gasteiger partial charge < -0.3 is 14.4 Å². The van der Waals surface area contributed by atoms with Crippen LogP contribution in [0.5, 0.6) is 0 Å². The maximum Gasteiger partial charge on any atom is 0.291 e. The van der Waals surface area contributed by atoms with Crippen molar-refractivity contribution < 1.29 is 14.7 Å². The second-order valence-electron chi connectivity index (χ2n) is 8.09. The van der Waals surface area contributed by atoms with E-state index in [2.05, 4.69) is 20.3 Å². The highest BCUT2D eigenvalue weighted by Crippen LogP contribution is 2.29. The van der Waals surface area contributed by atoms with E-state index in [0.29, 0.717) is 43.4 Å². The highest BCUT2D eigenvalue weighted by atomic mass is 16.5. The van der Waals surface area contributed by atoms with Gasteiger partial charge >= 0.3 is 0 Å². The van der Waals surface area contributed by atoms with Crippen molar-refractivity contribution >= 4 is 29.0 Å². The molecule has 3 aromatic rings. The van der Waals surface area contributed by atoms with E-state index in [1.54, 1.807) is 24.0 Å². The molecule has 0 amide bonds. The van der Waals surface area contributed by atoms with Crippen molar-refractivity contribution in [3.63, 3.8) is 0 Å². The van der Waals surface area contributed by atoms with Gasteiger partial charge in [0, 0.05) is 31.3 Å². The zero-order valence-electron chi connectivity index (χ0n) is 19.2. The van der Waals surface area contributed by atoms with Gasteiger partial charge in [0.1, 0.15) is 5.69 Å². The maximum absolute atomic E-state index is 10.8. The van der Waals surface area contributed by atoms with Gasteiger partial charge in [-0.3, -0.25) is 26.0 Å². The molecule has 1 aromatic heterocycles. The second kappa shape index (κ2) is 9.57. The van der Waals surface area contributed by atoms with Crippen LogP contribution in [0.2, 0.25) is 0 Å². The largest absolute Gasteiger partial charge is 0.405 e. The second-order valence-corrected chi connectivity index (χ2v) is 8.09. The number of hydroxylamine groups is 1. The summed E-state index contributed by atoms with van der Waals surface area (Å²) in [5, 5.41) is 35.7. The first-order valence-electron chi connectivity index (χ1n) is 11.2. The van der Waals surface area contributed by atoms with Crippen LogP contribution in [0.15, 0.2) is 65.8 Å². The molecule has 5 rings (SSSR count). The van der Waals surface area contributed by atoms with Crippen molar-refractivity contribution in [3.05, 3.63) is 77.6 Å². The summed E-state index contributed by atoms with van der Waals surface area (Å²) in [7, 11) is 1.72. The zero-order valence-corrected chi connectivity index (χ0v) is 19.2. The van der Waals surface area contributed by atoms with Gasteiger partial charge in [-0.1, -0.05) is 48.5 Å². The van der Waals surface area contributed by atoms with E-state index >= 15 is 0 Å². The Bertz CT molecular complexity index is 1270. The Morgan fingerprint density at radius 2 is 1.77 bits per heavy atom. The number of nitrogens with one attached hydrogen (secondary N) is 3. The summed E-state index contributed by atoms with van der Waals surface area (Å²) in [5.41, 5.74) is 4.06. The third-order valence-electron chi connectivity index (χ3n) is 5.89. The molecule has 1 fully saturated rings. The fourth-order valence-corrected chi connectivity index (χ4v) is 4.19. The van der Waals surface area contributed by atoms with Gasteiger partial charge in [-0.25, -0.2) is 10.1 Å². The van der Waals surface area contributed by atoms with Crippen molar-refractivity contribution in [1.82, 2.24) is 15.1 Å². The van der Waals surface area contributed by atoms with Gasteiger partial charge in [-0.15, -0.1) is 0 Å². The SMILES string of the molecule is Cn1ncc(N2CCOCC2)c1C(=N)OC(=N)NC1N=C(c2ccccc2)c2ccccc2N1O. The molecule has 0 bridgehead atoms. The molecule has 11 nitrogen and oxygen atoms in total. The van der Waals surface area contributed by atoms with Crippen LogP contribution in [0.25, 0.3) is 0 Å². The molecule has 2 aliphatic heterocycles. The summed E-state index contributed by atoms with van der Waals surface area (Å²) in [4.78, 5) is 6.72. The standard InChI is InChI=1S/C24H26N8O3/c1-30-21(19(15-27-30)31-11-13-34-14-12-31)22(25)35-23(26)29-24-28-20(16-7-3-2-4-8-16)17-9-5-6-10-18(17)32(24)33/h2-10,15,24-25,33H,11-14H2,1H3,(H2,26,29).